The number of carbonyl (C=O) groups is 2. The second-order valence-corrected chi connectivity index (χ2v) is 4.86. The zero-order valence-electron chi connectivity index (χ0n) is 12.3. The van der Waals surface area contributed by atoms with Crippen molar-refractivity contribution in [3.05, 3.63) is 66.0 Å². The molecule has 0 saturated carbocycles. The lowest BCUT2D eigenvalue weighted by Gasteiger charge is -2.09. The molecule has 0 spiro atoms. The van der Waals surface area contributed by atoms with Gasteiger partial charge in [0.25, 0.3) is 5.91 Å². The minimum absolute atomic E-state index is 0.102. The summed E-state index contributed by atoms with van der Waals surface area (Å²) in [6, 6.07) is 13.7. The topological polar surface area (TPSA) is 89.8 Å². The number of anilines is 1. The number of rotatable bonds is 4. The van der Waals surface area contributed by atoms with Crippen molar-refractivity contribution in [2.75, 3.05) is 5.32 Å². The van der Waals surface area contributed by atoms with Crippen molar-refractivity contribution in [3.63, 3.8) is 0 Å². The van der Waals surface area contributed by atoms with Crippen LogP contribution in [-0.4, -0.2) is 31.9 Å². The number of amides is 1. The molecule has 0 aliphatic rings. The van der Waals surface area contributed by atoms with Crippen LogP contribution in [0, 0.1) is 0 Å². The molecule has 0 bridgehead atoms. The smallest absolute Gasteiger partial charge is 0.255 e. The molecular formula is C16H13N5O2. The average molecular weight is 307 g/mol. The van der Waals surface area contributed by atoms with E-state index in [1.54, 1.807) is 48.5 Å². The fourth-order valence-corrected chi connectivity index (χ4v) is 2.14. The summed E-state index contributed by atoms with van der Waals surface area (Å²) in [5.74, 6) is -0.392. The minimum Gasteiger partial charge on any atom is -0.321 e. The summed E-state index contributed by atoms with van der Waals surface area (Å²) in [6.45, 7) is 1.46. The van der Waals surface area contributed by atoms with E-state index in [9.17, 15) is 9.59 Å². The molecule has 0 aliphatic carbocycles. The van der Waals surface area contributed by atoms with Gasteiger partial charge in [-0.2, -0.15) is 0 Å². The number of hydrogen-bond acceptors (Lipinski definition) is 5. The van der Waals surface area contributed by atoms with Gasteiger partial charge in [-0.05, 0) is 53.7 Å². The number of nitrogens with zero attached hydrogens (tertiary/aromatic N) is 4. The van der Waals surface area contributed by atoms with Gasteiger partial charge in [-0.1, -0.05) is 12.1 Å². The fraction of sp³-hybridized carbons (Fsp3) is 0.0625. The highest BCUT2D eigenvalue weighted by Gasteiger charge is 2.11. The van der Waals surface area contributed by atoms with E-state index in [4.69, 9.17) is 0 Å². The van der Waals surface area contributed by atoms with Crippen molar-refractivity contribution in [2.24, 2.45) is 0 Å². The highest BCUT2D eigenvalue weighted by atomic mass is 16.1. The predicted molar refractivity (Wildman–Crippen MR) is 83.6 cm³/mol. The Morgan fingerprint density at radius 3 is 2.43 bits per heavy atom. The van der Waals surface area contributed by atoms with Crippen LogP contribution in [0.15, 0.2) is 54.9 Å². The molecule has 0 aliphatic heterocycles. The largest absolute Gasteiger partial charge is 0.321 e. The van der Waals surface area contributed by atoms with Crippen LogP contribution in [0.4, 0.5) is 5.69 Å². The van der Waals surface area contributed by atoms with Crippen LogP contribution < -0.4 is 5.32 Å². The Balaban J connectivity index is 1.80. The van der Waals surface area contributed by atoms with E-state index >= 15 is 0 Å². The molecule has 1 heterocycles. The standard InChI is InChI=1S/C16H13N5O2/c1-11(22)14-4-2-3-5-15(14)18-16(23)12-6-8-13(9-7-12)21-10-17-19-20-21/h2-10H,1H3,(H,18,23). The zero-order chi connectivity index (χ0) is 16.2. The van der Waals surface area contributed by atoms with Crippen molar-refractivity contribution in [2.45, 2.75) is 6.92 Å². The number of ketones is 1. The molecular weight excluding hydrogens is 294 g/mol. The van der Waals surface area contributed by atoms with Crippen molar-refractivity contribution < 1.29 is 9.59 Å². The number of nitrogens with one attached hydrogen (secondary N) is 1. The number of benzene rings is 2. The van der Waals surface area contributed by atoms with Crippen LogP contribution in [-0.2, 0) is 0 Å². The summed E-state index contributed by atoms with van der Waals surface area (Å²) in [6.07, 6.45) is 1.47. The molecule has 0 fully saturated rings. The lowest BCUT2D eigenvalue weighted by molar-refractivity contribution is 0.101. The van der Waals surface area contributed by atoms with Gasteiger partial charge in [0.15, 0.2) is 5.78 Å². The first-order chi connectivity index (χ1) is 11.1. The van der Waals surface area contributed by atoms with Crippen molar-refractivity contribution in [1.82, 2.24) is 20.2 Å². The highest BCUT2D eigenvalue weighted by molar-refractivity contribution is 6.09. The van der Waals surface area contributed by atoms with Gasteiger partial charge >= 0.3 is 0 Å². The second-order valence-electron chi connectivity index (χ2n) is 4.86. The SMILES string of the molecule is CC(=O)c1ccccc1NC(=O)c1ccc(-n2cnnn2)cc1. The quantitative estimate of drug-likeness (QED) is 0.746. The number of tetrazole rings is 1. The molecule has 0 atom stereocenters. The minimum atomic E-state index is -0.290. The first-order valence-electron chi connectivity index (χ1n) is 6.90. The number of para-hydroxylation sites is 1. The Labute approximate surface area is 131 Å². The van der Waals surface area contributed by atoms with Gasteiger partial charge < -0.3 is 5.32 Å². The molecule has 0 radical (unpaired) electrons. The molecule has 1 N–H and O–H groups in total. The van der Waals surface area contributed by atoms with Crippen LogP contribution >= 0.6 is 0 Å². The van der Waals surface area contributed by atoms with Crippen molar-refractivity contribution in [1.29, 1.82) is 0 Å². The van der Waals surface area contributed by atoms with E-state index in [2.05, 4.69) is 20.8 Å². The second kappa shape index (κ2) is 6.18. The van der Waals surface area contributed by atoms with Gasteiger partial charge in [0.2, 0.25) is 0 Å². The Morgan fingerprint density at radius 2 is 1.78 bits per heavy atom. The van der Waals surface area contributed by atoms with Crippen LogP contribution in [0.25, 0.3) is 5.69 Å². The first kappa shape index (κ1) is 14.6. The highest BCUT2D eigenvalue weighted by Crippen LogP contribution is 2.17. The lowest BCUT2D eigenvalue weighted by Crippen LogP contribution is -2.14. The van der Waals surface area contributed by atoms with Crippen LogP contribution in [0.1, 0.15) is 27.6 Å². The van der Waals surface area contributed by atoms with E-state index in [0.29, 0.717) is 16.8 Å². The zero-order valence-corrected chi connectivity index (χ0v) is 12.3. The summed E-state index contributed by atoms with van der Waals surface area (Å²) in [7, 11) is 0. The first-order valence-corrected chi connectivity index (χ1v) is 6.90. The average Bonchev–Trinajstić information content (AvgIpc) is 3.10. The van der Waals surface area contributed by atoms with Crippen LogP contribution in [0.3, 0.4) is 0 Å². The van der Waals surface area contributed by atoms with Crippen molar-refractivity contribution in [3.8, 4) is 5.69 Å². The molecule has 3 rings (SSSR count). The third-order valence-corrected chi connectivity index (χ3v) is 3.30. The Bertz CT molecular complexity index is 841. The maximum atomic E-state index is 12.3. The molecule has 3 aromatic rings. The number of aromatic nitrogens is 4. The summed E-state index contributed by atoms with van der Waals surface area (Å²) in [4.78, 5) is 23.9. The molecule has 0 saturated heterocycles. The summed E-state index contributed by atoms with van der Waals surface area (Å²) in [5, 5.41) is 13.7. The summed E-state index contributed by atoms with van der Waals surface area (Å²) < 4.78 is 1.49. The van der Waals surface area contributed by atoms with Crippen LogP contribution in [0.5, 0.6) is 0 Å². The van der Waals surface area contributed by atoms with Crippen LogP contribution in [0.2, 0.25) is 0 Å². The van der Waals surface area contributed by atoms with Gasteiger partial charge in [-0.15, -0.1) is 5.10 Å². The molecule has 7 nitrogen and oxygen atoms in total. The molecule has 0 unspecified atom stereocenters. The Hall–Kier alpha value is -3.35. The molecule has 1 amide bonds. The van der Waals surface area contributed by atoms with Gasteiger partial charge in [0.1, 0.15) is 6.33 Å². The predicted octanol–water partition coefficient (Wildman–Crippen LogP) is 2.12. The van der Waals surface area contributed by atoms with E-state index in [-0.39, 0.29) is 11.7 Å². The molecule has 23 heavy (non-hydrogen) atoms. The van der Waals surface area contributed by atoms with E-state index in [1.165, 1.54) is 17.9 Å². The third kappa shape index (κ3) is 3.13. The van der Waals surface area contributed by atoms with E-state index in [1.807, 2.05) is 0 Å². The van der Waals surface area contributed by atoms with E-state index < -0.39 is 0 Å². The van der Waals surface area contributed by atoms with Gasteiger partial charge in [0.05, 0.1) is 11.4 Å². The van der Waals surface area contributed by atoms with E-state index in [0.717, 1.165) is 5.69 Å². The monoisotopic (exact) mass is 307 g/mol. The lowest BCUT2D eigenvalue weighted by atomic mass is 10.1. The molecule has 1 aromatic heterocycles. The summed E-state index contributed by atoms with van der Waals surface area (Å²) >= 11 is 0. The maximum Gasteiger partial charge on any atom is 0.255 e. The van der Waals surface area contributed by atoms with Gasteiger partial charge in [-0.3, -0.25) is 9.59 Å². The summed E-state index contributed by atoms with van der Waals surface area (Å²) in [5.41, 5.74) is 2.19. The normalized spacial score (nSPS) is 10.3. The molecule has 114 valence electrons. The van der Waals surface area contributed by atoms with Gasteiger partial charge in [0, 0.05) is 11.1 Å². The Morgan fingerprint density at radius 1 is 1.04 bits per heavy atom. The van der Waals surface area contributed by atoms with Crippen molar-refractivity contribution >= 4 is 17.4 Å². The Kier molecular flexibility index (Phi) is 3.92. The maximum absolute atomic E-state index is 12.3. The number of Topliss-reactive ketones (excluding diaryl/α,β-unsaturated/α-hetero) is 1. The fourth-order valence-electron chi connectivity index (χ4n) is 2.14. The van der Waals surface area contributed by atoms with Gasteiger partial charge in [-0.25, -0.2) is 4.68 Å². The molecule has 2 aromatic carbocycles. The number of hydrogen-bond donors (Lipinski definition) is 1. The third-order valence-electron chi connectivity index (χ3n) is 3.30. The number of carbonyl (C=O) groups excluding carboxylic acids is 2. The molecule has 7 heteroatoms.